The van der Waals surface area contributed by atoms with E-state index in [-0.39, 0.29) is 35.2 Å². The van der Waals surface area contributed by atoms with Gasteiger partial charge < -0.3 is 4.90 Å². The van der Waals surface area contributed by atoms with Crippen molar-refractivity contribution >= 4 is 27.2 Å². The van der Waals surface area contributed by atoms with Crippen LogP contribution in [0.3, 0.4) is 0 Å². The summed E-state index contributed by atoms with van der Waals surface area (Å²) in [5, 5.41) is -0.817. The fourth-order valence-electron chi connectivity index (χ4n) is 2.77. The largest absolute Gasteiger partial charge is 0.303 e. The number of carbonyl (C=O) groups is 2. The first-order valence-corrected chi connectivity index (χ1v) is 9.17. The normalized spacial score (nSPS) is 19.5. The zero-order chi connectivity index (χ0) is 17.3. The third kappa shape index (κ3) is 2.85. The molecular formula is C18H17NO4S. The van der Waals surface area contributed by atoms with Gasteiger partial charge >= 0.3 is 0 Å². The molecule has 1 unspecified atom stereocenters. The molecule has 0 saturated heterocycles. The molecule has 2 aromatic carbocycles. The number of sulfone groups is 1. The van der Waals surface area contributed by atoms with Gasteiger partial charge in [0.25, 0.3) is 0 Å². The van der Waals surface area contributed by atoms with Crippen LogP contribution in [0.4, 0.5) is 5.69 Å². The molecule has 0 aliphatic carbocycles. The molecule has 24 heavy (non-hydrogen) atoms. The Morgan fingerprint density at radius 2 is 1.71 bits per heavy atom. The molecule has 0 spiro atoms. The number of carbonyl (C=O) groups excluding carboxylic acids is 2. The second-order valence-corrected chi connectivity index (χ2v) is 8.13. The highest BCUT2D eigenvalue weighted by Gasteiger charge is 2.36. The number of Topliss-reactive ketones (excluding diaryl/α,β-unsaturated/α-hetero) is 1. The van der Waals surface area contributed by atoms with Crippen LogP contribution < -0.4 is 4.90 Å². The first-order chi connectivity index (χ1) is 11.4. The average molecular weight is 343 g/mol. The van der Waals surface area contributed by atoms with Crippen molar-refractivity contribution in [1.29, 1.82) is 0 Å². The molecule has 0 N–H and O–H groups in total. The minimum Gasteiger partial charge on any atom is -0.303 e. The van der Waals surface area contributed by atoms with E-state index in [0.717, 1.165) is 0 Å². The summed E-state index contributed by atoms with van der Waals surface area (Å²) >= 11 is 0. The van der Waals surface area contributed by atoms with E-state index in [0.29, 0.717) is 5.56 Å². The highest BCUT2D eigenvalue weighted by molar-refractivity contribution is 7.92. The molecule has 0 aromatic heterocycles. The second kappa shape index (κ2) is 6.20. The van der Waals surface area contributed by atoms with Gasteiger partial charge in [-0.25, -0.2) is 8.42 Å². The quantitative estimate of drug-likeness (QED) is 0.803. The number of para-hydroxylation sites is 1. The minimum atomic E-state index is -3.60. The lowest BCUT2D eigenvalue weighted by molar-refractivity contribution is -0.118. The van der Waals surface area contributed by atoms with Crippen LogP contribution >= 0.6 is 0 Å². The number of amides is 1. The number of hydrogen-bond acceptors (Lipinski definition) is 4. The molecule has 0 bridgehead atoms. The van der Waals surface area contributed by atoms with E-state index in [2.05, 4.69) is 0 Å². The summed E-state index contributed by atoms with van der Waals surface area (Å²) in [7, 11) is -3.60. The third-order valence-corrected chi connectivity index (χ3v) is 6.34. The molecule has 124 valence electrons. The molecule has 2 aromatic rings. The molecule has 0 saturated carbocycles. The Bertz CT molecular complexity index is 890. The van der Waals surface area contributed by atoms with Crippen molar-refractivity contribution in [1.82, 2.24) is 0 Å². The van der Waals surface area contributed by atoms with Gasteiger partial charge in [-0.2, -0.15) is 0 Å². The summed E-state index contributed by atoms with van der Waals surface area (Å²) in [6.45, 7) is 1.34. The van der Waals surface area contributed by atoms with E-state index < -0.39 is 15.1 Å². The number of ketones is 1. The van der Waals surface area contributed by atoms with E-state index in [9.17, 15) is 18.0 Å². The van der Waals surface area contributed by atoms with E-state index >= 15 is 0 Å². The molecule has 1 aliphatic rings. The Hall–Kier alpha value is -2.47. The third-order valence-electron chi connectivity index (χ3n) is 4.15. The van der Waals surface area contributed by atoms with Gasteiger partial charge in [-0.15, -0.1) is 0 Å². The van der Waals surface area contributed by atoms with E-state index in [1.54, 1.807) is 48.5 Å². The van der Waals surface area contributed by atoms with Crippen LogP contribution in [0.2, 0.25) is 0 Å². The fourth-order valence-corrected chi connectivity index (χ4v) is 4.30. The number of hydrogen-bond donors (Lipinski definition) is 0. The molecule has 0 fully saturated rings. The Morgan fingerprint density at radius 3 is 2.42 bits per heavy atom. The van der Waals surface area contributed by atoms with Crippen LogP contribution in [0.15, 0.2) is 59.5 Å². The molecule has 5 nitrogen and oxygen atoms in total. The lowest BCUT2D eigenvalue weighted by Crippen LogP contribution is -2.36. The lowest BCUT2D eigenvalue weighted by atomic mass is 10.1. The fraction of sp³-hybridized carbons (Fsp3) is 0.222. The maximum Gasteiger partial charge on any atom is 0.228 e. The summed E-state index contributed by atoms with van der Waals surface area (Å²) < 4.78 is 25.2. The monoisotopic (exact) mass is 343 g/mol. The summed E-state index contributed by atoms with van der Waals surface area (Å²) in [6, 6.07) is 15.0. The van der Waals surface area contributed by atoms with E-state index in [1.807, 2.05) is 0 Å². The van der Waals surface area contributed by atoms with Gasteiger partial charge in [-0.1, -0.05) is 42.5 Å². The Kier molecular flexibility index (Phi) is 4.24. The van der Waals surface area contributed by atoms with Crippen molar-refractivity contribution in [3.8, 4) is 0 Å². The topological polar surface area (TPSA) is 71.5 Å². The van der Waals surface area contributed by atoms with E-state index in [4.69, 9.17) is 0 Å². The number of fused-ring (bicyclic) bond motifs is 1. The number of benzene rings is 2. The van der Waals surface area contributed by atoms with E-state index in [1.165, 1.54) is 17.9 Å². The van der Waals surface area contributed by atoms with Crippen LogP contribution in [0.5, 0.6) is 0 Å². The lowest BCUT2D eigenvalue weighted by Gasteiger charge is -2.21. The summed E-state index contributed by atoms with van der Waals surface area (Å²) in [5.74, 6) is -0.592. The van der Waals surface area contributed by atoms with Crippen LogP contribution in [0.25, 0.3) is 0 Å². The molecule has 1 amide bonds. The van der Waals surface area contributed by atoms with Gasteiger partial charge in [0.1, 0.15) is 0 Å². The highest BCUT2D eigenvalue weighted by Crippen LogP contribution is 2.33. The Labute approximate surface area is 140 Å². The Balaban J connectivity index is 2.04. The number of rotatable bonds is 3. The molecule has 0 radical (unpaired) electrons. The molecule has 1 aliphatic heterocycles. The zero-order valence-electron chi connectivity index (χ0n) is 13.2. The van der Waals surface area contributed by atoms with Crippen molar-refractivity contribution in [3.63, 3.8) is 0 Å². The van der Waals surface area contributed by atoms with Crippen LogP contribution in [0, 0.1) is 0 Å². The SMILES string of the molecule is CC1CC(=O)N(CC(=O)c2ccccc2)c2ccccc2S1(=O)=O. The molecule has 3 rings (SSSR count). The highest BCUT2D eigenvalue weighted by atomic mass is 32.2. The molecule has 1 atom stereocenters. The van der Waals surface area contributed by atoms with Gasteiger partial charge in [-0.3, -0.25) is 9.59 Å². The van der Waals surface area contributed by atoms with Gasteiger partial charge in [0.05, 0.1) is 22.4 Å². The van der Waals surface area contributed by atoms with Crippen molar-refractivity contribution in [2.45, 2.75) is 23.5 Å². The van der Waals surface area contributed by atoms with Gasteiger partial charge in [0, 0.05) is 12.0 Å². The van der Waals surface area contributed by atoms with Crippen molar-refractivity contribution in [2.24, 2.45) is 0 Å². The molecular weight excluding hydrogens is 326 g/mol. The summed E-state index contributed by atoms with van der Waals surface area (Å²) in [6.07, 6.45) is -0.140. The maximum atomic E-state index is 12.6. The first kappa shape index (κ1) is 16.4. The average Bonchev–Trinajstić information content (AvgIpc) is 2.65. The second-order valence-electron chi connectivity index (χ2n) is 5.80. The Morgan fingerprint density at radius 1 is 1.08 bits per heavy atom. The van der Waals surface area contributed by atoms with Crippen LogP contribution in [-0.4, -0.2) is 31.9 Å². The smallest absolute Gasteiger partial charge is 0.228 e. The van der Waals surface area contributed by atoms with Crippen molar-refractivity contribution in [3.05, 3.63) is 60.2 Å². The van der Waals surface area contributed by atoms with Crippen LogP contribution in [-0.2, 0) is 14.6 Å². The van der Waals surface area contributed by atoms with Gasteiger partial charge in [0.2, 0.25) is 5.91 Å². The van der Waals surface area contributed by atoms with Crippen molar-refractivity contribution in [2.75, 3.05) is 11.4 Å². The maximum absolute atomic E-state index is 12.6. The van der Waals surface area contributed by atoms with Crippen molar-refractivity contribution < 1.29 is 18.0 Å². The zero-order valence-corrected chi connectivity index (χ0v) is 14.0. The first-order valence-electron chi connectivity index (χ1n) is 7.63. The predicted molar refractivity (Wildman–Crippen MR) is 90.8 cm³/mol. The summed E-state index contributed by atoms with van der Waals surface area (Å²) in [4.78, 5) is 26.4. The molecule has 1 heterocycles. The standard InChI is InChI=1S/C18H17NO4S/c1-13-11-18(21)19(12-16(20)14-7-3-2-4-8-14)15-9-5-6-10-17(15)24(13,22)23/h2-10,13H,11-12H2,1H3. The summed E-state index contributed by atoms with van der Waals surface area (Å²) in [5.41, 5.74) is 0.763. The van der Waals surface area contributed by atoms with Crippen LogP contribution in [0.1, 0.15) is 23.7 Å². The van der Waals surface area contributed by atoms with Gasteiger partial charge in [-0.05, 0) is 19.1 Å². The minimum absolute atomic E-state index is 0.101. The predicted octanol–water partition coefficient (Wildman–Crippen LogP) is 2.47. The molecule has 6 heteroatoms. The van der Waals surface area contributed by atoms with Gasteiger partial charge in [0.15, 0.2) is 15.6 Å². The number of nitrogens with zero attached hydrogens (tertiary/aromatic N) is 1. The number of anilines is 1.